The molecule has 0 aromatic heterocycles. The normalized spacial score (nSPS) is 9.80. The van der Waals surface area contributed by atoms with Crippen molar-refractivity contribution in [3.05, 3.63) is 29.3 Å². The van der Waals surface area contributed by atoms with E-state index in [-0.39, 0.29) is 5.91 Å². The molecule has 3 heteroatoms. The van der Waals surface area contributed by atoms with Crippen molar-refractivity contribution in [3.8, 4) is 5.75 Å². The molecule has 0 atom stereocenters. The summed E-state index contributed by atoms with van der Waals surface area (Å²) in [5, 5.41) is 2.77. The predicted octanol–water partition coefficient (Wildman–Crippen LogP) is 1.68. The Hall–Kier alpha value is -1.51. The van der Waals surface area contributed by atoms with Crippen molar-refractivity contribution in [2.24, 2.45) is 0 Å². The van der Waals surface area contributed by atoms with Crippen LogP contribution in [0.25, 0.3) is 0 Å². The maximum absolute atomic E-state index is 10.7. The summed E-state index contributed by atoms with van der Waals surface area (Å²) in [5.41, 5.74) is 2.33. The van der Waals surface area contributed by atoms with Crippen molar-refractivity contribution in [2.45, 2.75) is 20.3 Å². The van der Waals surface area contributed by atoms with E-state index in [1.54, 1.807) is 7.11 Å². The number of benzene rings is 1. The summed E-state index contributed by atoms with van der Waals surface area (Å²) < 4.78 is 5.25. The number of carbonyl (C=O) groups excluding carboxylic acids is 1. The van der Waals surface area contributed by atoms with Gasteiger partial charge in [0.05, 0.1) is 7.11 Å². The van der Waals surface area contributed by atoms with E-state index in [1.165, 1.54) is 12.5 Å². The SMILES string of the molecule is COc1ccc(C)cc1CCNC(C)=O. The van der Waals surface area contributed by atoms with Crippen LogP contribution in [0.2, 0.25) is 0 Å². The molecule has 0 fully saturated rings. The highest BCUT2D eigenvalue weighted by atomic mass is 16.5. The van der Waals surface area contributed by atoms with E-state index in [4.69, 9.17) is 4.74 Å². The molecule has 0 saturated heterocycles. The summed E-state index contributed by atoms with van der Waals surface area (Å²) >= 11 is 0. The zero-order valence-electron chi connectivity index (χ0n) is 9.46. The van der Waals surface area contributed by atoms with Gasteiger partial charge in [0.25, 0.3) is 0 Å². The Bertz CT molecular complexity index is 347. The molecule has 0 unspecified atom stereocenters. The molecule has 0 aliphatic heterocycles. The zero-order valence-corrected chi connectivity index (χ0v) is 9.46. The second-order valence-corrected chi connectivity index (χ2v) is 3.55. The van der Waals surface area contributed by atoms with Gasteiger partial charge in [-0.05, 0) is 25.0 Å². The molecular weight excluding hydrogens is 190 g/mol. The summed E-state index contributed by atoms with van der Waals surface area (Å²) in [6, 6.07) is 6.06. The van der Waals surface area contributed by atoms with Crippen LogP contribution < -0.4 is 10.1 Å². The molecule has 1 N–H and O–H groups in total. The number of ether oxygens (including phenoxy) is 1. The number of methoxy groups -OCH3 is 1. The Morgan fingerprint density at radius 2 is 2.20 bits per heavy atom. The molecule has 0 spiro atoms. The largest absolute Gasteiger partial charge is 0.496 e. The van der Waals surface area contributed by atoms with Gasteiger partial charge in [-0.1, -0.05) is 17.7 Å². The Morgan fingerprint density at radius 1 is 1.47 bits per heavy atom. The third kappa shape index (κ3) is 3.62. The fourth-order valence-electron chi connectivity index (χ4n) is 1.48. The van der Waals surface area contributed by atoms with E-state index < -0.39 is 0 Å². The monoisotopic (exact) mass is 207 g/mol. The lowest BCUT2D eigenvalue weighted by Crippen LogP contribution is -2.22. The number of rotatable bonds is 4. The molecule has 0 saturated carbocycles. The summed E-state index contributed by atoms with van der Waals surface area (Å²) in [7, 11) is 1.66. The average Bonchev–Trinajstić information content (AvgIpc) is 2.17. The molecule has 15 heavy (non-hydrogen) atoms. The lowest BCUT2D eigenvalue weighted by Gasteiger charge is -2.09. The van der Waals surface area contributed by atoms with Crippen LogP contribution in [0.5, 0.6) is 5.75 Å². The van der Waals surface area contributed by atoms with Crippen molar-refractivity contribution in [2.75, 3.05) is 13.7 Å². The first-order chi connectivity index (χ1) is 7.13. The van der Waals surface area contributed by atoms with Crippen molar-refractivity contribution < 1.29 is 9.53 Å². The van der Waals surface area contributed by atoms with Gasteiger partial charge in [0.2, 0.25) is 5.91 Å². The molecule has 1 rings (SSSR count). The number of aryl methyl sites for hydroxylation is 1. The van der Waals surface area contributed by atoms with Crippen molar-refractivity contribution >= 4 is 5.91 Å². The summed E-state index contributed by atoms with van der Waals surface area (Å²) in [5.74, 6) is 0.882. The minimum Gasteiger partial charge on any atom is -0.496 e. The van der Waals surface area contributed by atoms with Crippen LogP contribution in [-0.4, -0.2) is 19.6 Å². The van der Waals surface area contributed by atoms with Gasteiger partial charge in [0.1, 0.15) is 5.75 Å². The summed E-state index contributed by atoms with van der Waals surface area (Å²) in [4.78, 5) is 10.7. The summed E-state index contributed by atoms with van der Waals surface area (Å²) in [6.45, 7) is 4.21. The van der Waals surface area contributed by atoms with Gasteiger partial charge < -0.3 is 10.1 Å². The first-order valence-electron chi connectivity index (χ1n) is 5.01. The van der Waals surface area contributed by atoms with Crippen LogP contribution in [0.15, 0.2) is 18.2 Å². The molecule has 1 aromatic carbocycles. The minimum atomic E-state index is 0.00150. The standard InChI is InChI=1S/C12H17NO2/c1-9-4-5-12(15-3)11(8-9)6-7-13-10(2)14/h4-5,8H,6-7H2,1-3H3,(H,13,14). The molecular formula is C12H17NO2. The van der Waals surface area contributed by atoms with E-state index in [0.717, 1.165) is 17.7 Å². The quantitative estimate of drug-likeness (QED) is 0.815. The fraction of sp³-hybridized carbons (Fsp3) is 0.417. The molecule has 0 radical (unpaired) electrons. The van der Waals surface area contributed by atoms with Crippen molar-refractivity contribution in [1.82, 2.24) is 5.32 Å². The Balaban J connectivity index is 2.65. The predicted molar refractivity (Wildman–Crippen MR) is 60.1 cm³/mol. The topological polar surface area (TPSA) is 38.3 Å². The molecule has 1 amide bonds. The van der Waals surface area contributed by atoms with Gasteiger partial charge in [-0.15, -0.1) is 0 Å². The highest BCUT2D eigenvalue weighted by Gasteiger charge is 2.02. The average molecular weight is 207 g/mol. The van der Waals surface area contributed by atoms with E-state index in [1.807, 2.05) is 19.1 Å². The lowest BCUT2D eigenvalue weighted by molar-refractivity contribution is -0.118. The number of hydrogen-bond acceptors (Lipinski definition) is 2. The molecule has 1 aromatic rings. The van der Waals surface area contributed by atoms with Crippen LogP contribution in [0, 0.1) is 6.92 Å². The van der Waals surface area contributed by atoms with Crippen LogP contribution in [0.4, 0.5) is 0 Å². The highest BCUT2D eigenvalue weighted by Crippen LogP contribution is 2.19. The van der Waals surface area contributed by atoms with Gasteiger partial charge in [-0.3, -0.25) is 4.79 Å². The highest BCUT2D eigenvalue weighted by molar-refractivity contribution is 5.72. The van der Waals surface area contributed by atoms with Gasteiger partial charge in [0, 0.05) is 13.5 Å². The van der Waals surface area contributed by atoms with Gasteiger partial charge in [-0.2, -0.15) is 0 Å². The molecule has 82 valence electrons. The molecule has 0 aliphatic carbocycles. The van der Waals surface area contributed by atoms with E-state index in [9.17, 15) is 4.79 Å². The van der Waals surface area contributed by atoms with E-state index in [0.29, 0.717) is 6.54 Å². The maximum Gasteiger partial charge on any atom is 0.216 e. The van der Waals surface area contributed by atoms with Crippen LogP contribution in [0.3, 0.4) is 0 Å². The molecule has 0 heterocycles. The molecule has 0 aliphatic rings. The number of nitrogens with one attached hydrogen (secondary N) is 1. The van der Waals surface area contributed by atoms with Crippen LogP contribution in [-0.2, 0) is 11.2 Å². The van der Waals surface area contributed by atoms with Crippen LogP contribution in [0.1, 0.15) is 18.1 Å². The van der Waals surface area contributed by atoms with Crippen molar-refractivity contribution in [1.29, 1.82) is 0 Å². The molecule has 3 nitrogen and oxygen atoms in total. The smallest absolute Gasteiger partial charge is 0.216 e. The molecule has 0 bridgehead atoms. The first-order valence-corrected chi connectivity index (χ1v) is 5.01. The van der Waals surface area contributed by atoms with Gasteiger partial charge in [0.15, 0.2) is 0 Å². The van der Waals surface area contributed by atoms with E-state index in [2.05, 4.69) is 11.4 Å². The fourth-order valence-corrected chi connectivity index (χ4v) is 1.48. The number of hydrogen-bond donors (Lipinski definition) is 1. The summed E-state index contributed by atoms with van der Waals surface area (Å²) in [6.07, 6.45) is 0.796. The minimum absolute atomic E-state index is 0.00150. The second kappa shape index (κ2) is 5.39. The number of amides is 1. The zero-order chi connectivity index (χ0) is 11.3. The third-order valence-electron chi connectivity index (χ3n) is 2.20. The van der Waals surface area contributed by atoms with E-state index >= 15 is 0 Å². The third-order valence-corrected chi connectivity index (χ3v) is 2.20. The second-order valence-electron chi connectivity index (χ2n) is 3.55. The first kappa shape index (κ1) is 11.6. The van der Waals surface area contributed by atoms with Gasteiger partial charge >= 0.3 is 0 Å². The van der Waals surface area contributed by atoms with Crippen LogP contribution >= 0.6 is 0 Å². The lowest BCUT2D eigenvalue weighted by atomic mass is 10.1. The Kier molecular flexibility index (Phi) is 4.16. The number of carbonyl (C=O) groups is 1. The Morgan fingerprint density at radius 3 is 2.80 bits per heavy atom. The Labute approximate surface area is 90.4 Å². The van der Waals surface area contributed by atoms with Crippen molar-refractivity contribution in [3.63, 3.8) is 0 Å². The van der Waals surface area contributed by atoms with Gasteiger partial charge in [-0.25, -0.2) is 0 Å². The maximum atomic E-state index is 10.7.